The molecule has 18 heavy (non-hydrogen) atoms. The summed E-state index contributed by atoms with van der Waals surface area (Å²) in [6.45, 7) is 2.13. The molecule has 2 nitrogen and oxygen atoms in total. The van der Waals surface area contributed by atoms with Gasteiger partial charge in [-0.3, -0.25) is 4.79 Å². The first kappa shape index (κ1) is 13.1. The quantitative estimate of drug-likeness (QED) is 0.766. The number of aryl methyl sites for hydroxylation is 1. The van der Waals surface area contributed by atoms with Crippen LogP contribution in [-0.4, -0.2) is 12.4 Å². The predicted octanol–water partition coefficient (Wildman–Crippen LogP) is 4.23. The lowest BCUT2D eigenvalue weighted by Crippen LogP contribution is -2.10. The van der Waals surface area contributed by atoms with Crippen LogP contribution in [0.25, 0.3) is 0 Å². The molecular formula is C14H13ClO2S. The zero-order chi connectivity index (χ0) is 13.0. The maximum atomic E-state index is 11.8. The number of thiophene rings is 1. The zero-order valence-electron chi connectivity index (χ0n) is 9.98. The number of ether oxygens (including phenoxy) is 1. The molecule has 0 aliphatic rings. The Hall–Kier alpha value is -1.32. The topological polar surface area (TPSA) is 26.3 Å². The van der Waals surface area contributed by atoms with Crippen LogP contribution < -0.4 is 4.74 Å². The Morgan fingerprint density at radius 3 is 2.83 bits per heavy atom. The van der Waals surface area contributed by atoms with Crippen molar-refractivity contribution in [1.82, 2.24) is 0 Å². The van der Waals surface area contributed by atoms with Gasteiger partial charge in [0.15, 0.2) is 6.61 Å². The number of hydrogen-bond donors (Lipinski definition) is 0. The molecule has 0 unspecified atom stereocenters. The van der Waals surface area contributed by atoms with Gasteiger partial charge in [0.25, 0.3) is 0 Å². The number of rotatable bonds is 5. The van der Waals surface area contributed by atoms with E-state index in [1.54, 1.807) is 12.1 Å². The summed E-state index contributed by atoms with van der Waals surface area (Å²) >= 11 is 7.06. The number of ketones is 1. The van der Waals surface area contributed by atoms with Gasteiger partial charge in [0.05, 0.1) is 9.21 Å². The highest BCUT2D eigenvalue weighted by molar-refractivity contribution is 7.18. The maximum Gasteiger partial charge on any atom is 0.210 e. The first-order valence-corrected chi connectivity index (χ1v) is 6.88. The van der Waals surface area contributed by atoms with Gasteiger partial charge in [0.2, 0.25) is 5.78 Å². The summed E-state index contributed by atoms with van der Waals surface area (Å²) in [7, 11) is 0. The van der Waals surface area contributed by atoms with Gasteiger partial charge < -0.3 is 4.74 Å². The molecule has 94 valence electrons. The first-order valence-electron chi connectivity index (χ1n) is 5.69. The summed E-state index contributed by atoms with van der Waals surface area (Å²) in [4.78, 5) is 12.4. The van der Waals surface area contributed by atoms with Gasteiger partial charge in [-0.05, 0) is 36.2 Å². The Balaban J connectivity index is 1.97. The van der Waals surface area contributed by atoms with Crippen LogP contribution in [-0.2, 0) is 6.42 Å². The SMILES string of the molecule is CCc1cccc(OCC(=O)c2ccc(Cl)s2)c1. The average molecular weight is 281 g/mol. The van der Waals surface area contributed by atoms with Gasteiger partial charge in [0.1, 0.15) is 5.75 Å². The van der Waals surface area contributed by atoms with Crippen molar-refractivity contribution in [3.63, 3.8) is 0 Å². The van der Waals surface area contributed by atoms with Crippen LogP contribution in [0.4, 0.5) is 0 Å². The van der Waals surface area contributed by atoms with Crippen LogP contribution >= 0.6 is 22.9 Å². The summed E-state index contributed by atoms with van der Waals surface area (Å²) in [5, 5.41) is 0. The molecule has 0 aliphatic carbocycles. The summed E-state index contributed by atoms with van der Waals surface area (Å²) in [6.07, 6.45) is 0.950. The molecular weight excluding hydrogens is 268 g/mol. The molecule has 0 bridgehead atoms. The van der Waals surface area contributed by atoms with Crippen LogP contribution in [0.5, 0.6) is 5.75 Å². The maximum absolute atomic E-state index is 11.8. The molecule has 2 aromatic rings. The lowest BCUT2D eigenvalue weighted by atomic mass is 10.2. The van der Waals surface area contributed by atoms with Gasteiger partial charge in [-0.25, -0.2) is 0 Å². The van der Waals surface area contributed by atoms with Crippen molar-refractivity contribution in [3.05, 3.63) is 51.2 Å². The molecule has 0 atom stereocenters. The molecule has 0 spiro atoms. The third-order valence-corrected chi connectivity index (χ3v) is 3.80. The van der Waals surface area contributed by atoms with Crippen molar-refractivity contribution in [1.29, 1.82) is 0 Å². The van der Waals surface area contributed by atoms with Crippen LogP contribution in [0.3, 0.4) is 0 Å². The van der Waals surface area contributed by atoms with E-state index in [4.69, 9.17) is 16.3 Å². The number of halogens is 1. The van der Waals surface area contributed by atoms with Crippen LogP contribution in [0.2, 0.25) is 4.34 Å². The van der Waals surface area contributed by atoms with E-state index in [-0.39, 0.29) is 12.4 Å². The molecule has 1 heterocycles. The monoisotopic (exact) mass is 280 g/mol. The molecule has 1 aromatic carbocycles. The fourth-order valence-electron chi connectivity index (χ4n) is 1.54. The Bertz CT molecular complexity index is 548. The summed E-state index contributed by atoms with van der Waals surface area (Å²) < 4.78 is 6.10. The third-order valence-electron chi connectivity index (χ3n) is 2.52. The van der Waals surface area contributed by atoms with E-state index in [2.05, 4.69) is 6.92 Å². The molecule has 2 rings (SSSR count). The van der Waals surface area contributed by atoms with E-state index in [0.717, 1.165) is 12.2 Å². The second-order valence-electron chi connectivity index (χ2n) is 3.82. The van der Waals surface area contributed by atoms with E-state index in [9.17, 15) is 4.79 Å². The second-order valence-corrected chi connectivity index (χ2v) is 5.53. The smallest absolute Gasteiger partial charge is 0.210 e. The Kier molecular flexibility index (Phi) is 4.39. The minimum Gasteiger partial charge on any atom is -0.485 e. The Morgan fingerprint density at radius 2 is 2.17 bits per heavy atom. The van der Waals surface area contributed by atoms with Crippen LogP contribution in [0.15, 0.2) is 36.4 Å². The van der Waals surface area contributed by atoms with Gasteiger partial charge in [-0.15, -0.1) is 11.3 Å². The van der Waals surface area contributed by atoms with Gasteiger partial charge >= 0.3 is 0 Å². The zero-order valence-corrected chi connectivity index (χ0v) is 11.6. The van der Waals surface area contributed by atoms with E-state index in [1.807, 2.05) is 24.3 Å². The largest absolute Gasteiger partial charge is 0.485 e. The standard InChI is InChI=1S/C14H13ClO2S/c1-2-10-4-3-5-11(8-10)17-9-12(16)13-6-7-14(15)18-13/h3-8H,2,9H2,1H3. The molecule has 1 aromatic heterocycles. The van der Waals surface area contributed by atoms with Crippen molar-refractivity contribution < 1.29 is 9.53 Å². The highest BCUT2D eigenvalue weighted by atomic mass is 35.5. The normalized spacial score (nSPS) is 10.3. The lowest BCUT2D eigenvalue weighted by Gasteiger charge is -2.05. The van der Waals surface area contributed by atoms with Crippen LogP contribution in [0, 0.1) is 0 Å². The van der Waals surface area contributed by atoms with Crippen molar-refractivity contribution in [2.24, 2.45) is 0 Å². The van der Waals surface area contributed by atoms with Crippen molar-refractivity contribution in [3.8, 4) is 5.75 Å². The first-order chi connectivity index (χ1) is 8.69. The fraction of sp³-hybridized carbons (Fsp3) is 0.214. The summed E-state index contributed by atoms with van der Waals surface area (Å²) in [6, 6.07) is 11.2. The van der Waals surface area contributed by atoms with E-state index < -0.39 is 0 Å². The van der Waals surface area contributed by atoms with Crippen LogP contribution in [0.1, 0.15) is 22.2 Å². The average Bonchev–Trinajstić information content (AvgIpc) is 2.83. The summed E-state index contributed by atoms with van der Waals surface area (Å²) in [5.41, 5.74) is 1.19. The van der Waals surface area contributed by atoms with E-state index in [0.29, 0.717) is 9.21 Å². The highest BCUT2D eigenvalue weighted by Crippen LogP contribution is 2.22. The molecule has 0 N–H and O–H groups in total. The minimum absolute atomic E-state index is 0.0456. The third kappa shape index (κ3) is 3.34. The summed E-state index contributed by atoms with van der Waals surface area (Å²) in [5.74, 6) is 0.680. The number of carbonyl (C=O) groups excluding carboxylic acids is 1. The van der Waals surface area contributed by atoms with Crippen molar-refractivity contribution in [2.45, 2.75) is 13.3 Å². The molecule has 4 heteroatoms. The van der Waals surface area contributed by atoms with Crippen molar-refractivity contribution >= 4 is 28.7 Å². The van der Waals surface area contributed by atoms with Gasteiger partial charge in [0, 0.05) is 0 Å². The van der Waals surface area contributed by atoms with E-state index >= 15 is 0 Å². The number of benzene rings is 1. The number of hydrogen-bond acceptors (Lipinski definition) is 3. The van der Waals surface area contributed by atoms with Gasteiger partial charge in [-0.2, -0.15) is 0 Å². The van der Waals surface area contributed by atoms with Gasteiger partial charge in [-0.1, -0.05) is 30.7 Å². The Morgan fingerprint density at radius 1 is 1.33 bits per heavy atom. The number of carbonyl (C=O) groups is 1. The molecule has 0 saturated heterocycles. The second kappa shape index (κ2) is 6.03. The Labute approximate surface area is 115 Å². The van der Waals surface area contributed by atoms with E-state index in [1.165, 1.54) is 16.9 Å². The molecule has 0 amide bonds. The highest BCUT2D eigenvalue weighted by Gasteiger charge is 2.09. The molecule has 0 aliphatic heterocycles. The molecule has 0 saturated carbocycles. The minimum atomic E-state index is -0.0474. The fourth-order valence-corrected chi connectivity index (χ4v) is 2.51. The predicted molar refractivity (Wildman–Crippen MR) is 75.0 cm³/mol. The molecule has 0 radical (unpaired) electrons. The number of Topliss-reactive ketones (excluding diaryl/α,β-unsaturated/α-hetero) is 1. The van der Waals surface area contributed by atoms with Crippen molar-refractivity contribution in [2.75, 3.05) is 6.61 Å². The molecule has 0 fully saturated rings. The lowest BCUT2D eigenvalue weighted by molar-refractivity contribution is 0.0925.